The third kappa shape index (κ3) is 2.72. The molecule has 0 bridgehead atoms. The van der Waals surface area contributed by atoms with E-state index in [2.05, 4.69) is 5.32 Å². The van der Waals surface area contributed by atoms with E-state index in [0.717, 1.165) is 35.2 Å². The van der Waals surface area contributed by atoms with Gasteiger partial charge in [-0.25, -0.2) is 4.98 Å². The van der Waals surface area contributed by atoms with Crippen LogP contribution in [0.3, 0.4) is 0 Å². The van der Waals surface area contributed by atoms with Gasteiger partial charge in [0.15, 0.2) is 11.5 Å². The molecule has 2 heterocycles. The zero-order valence-corrected chi connectivity index (χ0v) is 15.9. The molecule has 0 spiro atoms. The van der Waals surface area contributed by atoms with Gasteiger partial charge in [-0.15, -0.1) is 11.3 Å². The molecule has 26 heavy (non-hydrogen) atoms. The zero-order chi connectivity index (χ0) is 18.3. The summed E-state index contributed by atoms with van der Waals surface area (Å²) >= 11 is 1.65. The van der Waals surface area contributed by atoms with Gasteiger partial charge in [-0.05, 0) is 43.4 Å². The van der Waals surface area contributed by atoms with E-state index in [9.17, 15) is 4.79 Å². The molecule has 1 aromatic carbocycles. The second-order valence-corrected chi connectivity index (χ2v) is 7.47. The van der Waals surface area contributed by atoms with Gasteiger partial charge in [0.05, 0.1) is 19.6 Å². The minimum atomic E-state index is 0.0115. The molecule has 3 aromatic rings. The number of methoxy groups -OCH3 is 2. The molecule has 1 aliphatic rings. The number of nitrogens with one attached hydrogen (secondary N) is 1. The summed E-state index contributed by atoms with van der Waals surface area (Å²) in [4.78, 5) is 19.8. The van der Waals surface area contributed by atoms with Crippen molar-refractivity contribution in [1.29, 1.82) is 0 Å². The third-order valence-electron chi connectivity index (χ3n) is 4.84. The maximum Gasteiger partial charge on any atom is 0.263 e. The van der Waals surface area contributed by atoms with Gasteiger partial charge >= 0.3 is 0 Å². The smallest absolute Gasteiger partial charge is 0.263 e. The van der Waals surface area contributed by atoms with Crippen LogP contribution in [0.4, 0.5) is 11.6 Å². The van der Waals surface area contributed by atoms with Crippen molar-refractivity contribution in [2.45, 2.75) is 25.7 Å². The van der Waals surface area contributed by atoms with E-state index in [0.29, 0.717) is 17.4 Å². The average Bonchev–Trinajstić information content (AvgIpc) is 3.04. The molecule has 136 valence electrons. The van der Waals surface area contributed by atoms with Crippen molar-refractivity contribution in [2.75, 3.05) is 19.5 Å². The van der Waals surface area contributed by atoms with Crippen LogP contribution in [-0.2, 0) is 19.9 Å². The largest absolute Gasteiger partial charge is 0.493 e. The fourth-order valence-electron chi connectivity index (χ4n) is 3.44. The van der Waals surface area contributed by atoms with Crippen molar-refractivity contribution in [3.05, 3.63) is 39.0 Å². The fourth-order valence-corrected chi connectivity index (χ4v) is 4.69. The Bertz CT molecular complexity index is 1040. The third-order valence-corrected chi connectivity index (χ3v) is 6.02. The first kappa shape index (κ1) is 16.9. The maximum atomic E-state index is 12.9. The Kier molecular flexibility index (Phi) is 4.32. The van der Waals surface area contributed by atoms with Crippen LogP contribution in [-0.4, -0.2) is 23.8 Å². The van der Waals surface area contributed by atoms with Gasteiger partial charge < -0.3 is 14.8 Å². The van der Waals surface area contributed by atoms with Crippen LogP contribution in [0.5, 0.6) is 11.5 Å². The van der Waals surface area contributed by atoms with Gasteiger partial charge in [0, 0.05) is 23.7 Å². The lowest BCUT2D eigenvalue weighted by molar-refractivity contribution is 0.355. The Morgan fingerprint density at radius 1 is 1.15 bits per heavy atom. The summed E-state index contributed by atoms with van der Waals surface area (Å²) in [5.41, 5.74) is 2.00. The van der Waals surface area contributed by atoms with Gasteiger partial charge in [0.2, 0.25) is 5.95 Å². The summed E-state index contributed by atoms with van der Waals surface area (Å²) < 4.78 is 12.2. The lowest BCUT2D eigenvalue weighted by Crippen LogP contribution is -2.21. The number of nitrogens with zero attached hydrogens (tertiary/aromatic N) is 2. The van der Waals surface area contributed by atoms with E-state index in [1.165, 1.54) is 16.9 Å². The molecule has 0 fully saturated rings. The second-order valence-electron chi connectivity index (χ2n) is 6.39. The van der Waals surface area contributed by atoms with Crippen LogP contribution in [0.2, 0.25) is 0 Å². The lowest BCUT2D eigenvalue weighted by Gasteiger charge is -2.13. The fraction of sp³-hybridized carbons (Fsp3) is 0.368. The normalized spacial score (nSPS) is 13.5. The summed E-state index contributed by atoms with van der Waals surface area (Å²) in [5, 5.41) is 4.03. The van der Waals surface area contributed by atoms with Crippen molar-refractivity contribution in [3.8, 4) is 11.5 Å². The number of aromatic nitrogens is 2. The van der Waals surface area contributed by atoms with Gasteiger partial charge in [0.25, 0.3) is 5.56 Å². The summed E-state index contributed by atoms with van der Waals surface area (Å²) in [6, 6.07) is 5.52. The predicted molar refractivity (Wildman–Crippen MR) is 104 cm³/mol. The molecule has 0 saturated carbocycles. The van der Waals surface area contributed by atoms with Crippen LogP contribution in [0.25, 0.3) is 10.2 Å². The van der Waals surface area contributed by atoms with Gasteiger partial charge in [0.1, 0.15) is 4.83 Å². The maximum absolute atomic E-state index is 12.9. The standard InChI is InChI=1S/C19H21N3O3S/c1-22-18(23)16-12-6-4-5-7-15(12)26-17(16)21-19(22)20-11-8-9-13(24-2)14(10-11)25-3/h8-10H,4-7H2,1-3H3,(H,20,21). The number of ether oxygens (including phenoxy) is 2. The Labute approximate surface area is 155 Å². The highest BCUT2D eigenvalue weighted by atomic mass is 32.1. The van der Waals surface area contributed by atoms with E-state index in [4.69, 9.17) is 14.5 Å². The first-order chi connectivity index (χ1) is 12.6. The molecular weight excluding hydrogens is 350 g/mol. The van der Waals surface area contributed by atoms with Crippen LogP contribution in [0, 0.1) is 0 Å². The number of hydrogen-bond acceptors (Lipinski definition) is 6. The van der Waals surface area contributed by atoms with Gasteiger partial charge in [-0.3, -0.25) is 9.36 Å². The molecule has 0 saturated heterocycles. The molecule has 1 N–H and O–H groups in total. The highest BCUT2D eigenvalue weighted by Crippen LogP contribution is 2.35. The number of aryl methyl sites for hydroxylation is 2. The summed E-state index contributed by atoms with van der Waals surface area (Å²) in [5.74, 6) is 1.80. The topological polar surface area (TPSA) is 65.4 Å². The summed E-state index contributed by atoms with van der Waals surface area (Å²) in [6.07, 6.45) is 4.37. The minimum absolute atomic E-state index is 0.0115. The molecule has 0 amide bonds. The Hall–Kier alpha value is -2.54. The number of hydrogen-bond donors (Lipinski definition) is 1. The molecule has 0 atom stereocenters. The van der Waals surface area contributed by atoms with Gasteiger partial charge in [-0.2, -0.15) is 0 Å². The molecule has 0 radical (unpaired) electrons. The zero-order valence-electron chi connectivity index (χ0n) is 15.1. The van der Waals surface area contributed by atoms with E-state index >= 15 is 0 Å². The predicted octanol–water partition coefficient (Wildman–Crippen LogP) is 3.63. The SMILES string of the molecule is COc1ccc(Nc2nc3sc4c(c3c(=O)n2C)CCCC4)cc1OC. The van der Waals surface area contributed by atoms with Crippen molar-refractivity contribution >= 4 is 33.2 Å². The minimum Gasteiger partial charge on any atom is -0.493 e. The molecular formula is C19H21N3O3S. The molecule has 0 aliphatic heterocycles. The van der Waals surface area contributed by atoms with Crippen molar-refractivity contribution in [1.82, 2.24) is 9.55 Å². The number of benzene rings is 1. The van der Waals surface area contributed by atoms with Gasteiger partial charge in [-0.1, -0.05) is 0 Å². The van der Waals surface area contributed by atoms with Crippen LogP contribution < -0.4 is 20.3 Å². The van der Waals surface area contributed by atoms with Crippen LogP contribution >= 0.6 is 11.3 Å². The molecule has 1 aliphatic carbocycles. The lowest BCUT2D eigenvalue weighted by atomic mass is 9.97. The highest BCUT2D eigenvalue weighted by Gasteiger charge is 2.21. The van der Waals surface area contributed by atoms with E-state index in [1.807, 2.05) is 18.2 Å². The van der Waals surface area contributed by atoms with E-state index in [-0.39, 0.29) is 5.56 Å². The van der Waals surface area contributed by atoms with Crippen molar-refractivity contribution in [3.63, 3.8) is 0 Å². The quantitative estimate of drug-likeness (QED) is 0.759. The van der Waals surface area contributed by atoms with Crippen molar-refractivity contribution in [2.24, 2.45) is 7.05 Å². The number of rotatable bonds is 4. The van der Waals surface area contributed by atoms with E-state index < -0.39 is 0 Å². The highest BCUT2D eigenvalue weighted by molar-refractivity contribution is 7.18. The molecule has 0 unspecified atom stereocenters. The summed E-state index contributed by atoms with van der Waals surface area (Å²) in [7, 11) is 4.95. The Balaban J connectivity index is 1.78. The number of thiophene rings is 1. The molecule has 4 rings (SSSR count). The molecule has 7 heteroatoms. The number of anilines is 2. The summed E-state index contributed by atoms with van der Waals surface area (Å²) in [6.45, 7) is 0. The van der Waals surface area contributed by atoms with E-state index in [1.54, 1.807) is 37.2 Å². The average molecular weight is 371 g/mol. The second kappa shape index (κ2) is 6.64. The first-order valence-electron chi connectivity index (χ1n) is 8.62. The molecule has 2 aromatic heterocycles. The first-order valence-corrected chi connectivity index (χ1v) is 9.44. The van der Waals surface area contributed by atoms with Crippen LogP contribution in [0.15, 0.2) is 23.0 Å². The Morgan fingerprint density at radius 2 is 1.92 bits per heavy atom. The van der Waals surface area contributed by atoms with Crippen molar-refractivity contribution < 1.29 is 9.47 Å². The van der Waals surface area contributed by atoms with Crippen LogP contribution in [0.1, 0.15) is 23.3 Å². The Morgan fingerprint density at radius 3 is 2.69 bits per heavy atom. The monoisotopic (exact) mass is 371 g/mol. The number of fused-ring (bicyclic) bond motifs is 3. The molecule has 6 nitrogen and oxygen atoms in total.